The van der Waals surface area contributed by atoms with Crippen LogP contribution in [-0.4, -0.2) is 132 Å². The van der Waals surface area contributed by atoms with Gasteiger partial charge in [-0.1, -0.05) is 65.1 Å². The third-order valence-electron chi connectivity index (χ3n) is 22.3. The molecule has 0 radical (unpaired) electrons. The van der Waals surface area contributed by atoms with Crippen molar-refractivity contribution < 1.29 is 54.9 Å². The van der Waals surface area contributed by atoms with Crippen LogP contribution in [-0.2, 0) is 19.1 Å². The van der Waals surface area contributed by atoms with Crippen LogP contribution in [0, 0.1) is 93.7 Å². The summed E-state index contributed by atoms with van der Waals surface area (Å²) in [5, 5.41) is 90.5. The molecule has 440 valence electrons. The Labute approximate surface area is 484 Å². The van der Waals surface area contributed by atoms with Crippen LogP contribution in [0.3, 0.4) is 0 Å². The SMILES string of the molecule is CC1CCC2=CCC3C(CO)CC(O)C(C)(O)C4C(CC#CC(C5COC(=O)C5c5cc[nH]c5)CC3C2C1)CC1(O)C2=C3NCC(=O)CC(c5ccc(O)cc5)CSSCC5C(O)C(O)CC(C)(C2CCC41CCN=C(N)N)C5C3=O. The van der Waals surface area contributed by atoms with Crippen LogP contribution in [0.5, 0.6) is 5.75 Å². The predicted molar refractivity (Wildman–Crippen MR) is 311 cm³/mol. The Hall–Kier alpha value is -4.32. The lowest BCUT2D eigenvalue weighted by atomic mass is 9.43. The number of Topliss-reactive ketones (excluding diaryl/α,β-unsaturated/α-hetero) is 2. The Balaban J connectivity index is 1.07. The van der Waals surface area contributed by atoms with Gasteiger partial charge in [0.2, 0.25) is 0 Å². The second-order valence-electron chi connectivity index (χ2n) is 26.7. The van der Waals surface area contributed by atoms with Gasteiger partial charge in [0.1, 0.15) is 5.75 Å². The average molecular weight is 1150 g/mol. The summed E-state index contributed by atoms with van der Waals surface area (Å²) in [5.41, 5.74) is 9.61. The number of aromatic nitrogens is 1. The third-order valence-corrected chi connectivity index (χ3v) is 24.9. The van der Waals surface area contributed by atoms with E-state index < -0.39 is 81.8 Å². The van der Waals surface area contributed by atoms with E-state index in [0.717, 1.165) is 30.4 Å². The van der Waals surface area contributed by atoms with E-state index in [1.807, 2.05) is 37.5 Å². The van der Waals surface area contributed by atoms with Gasteiger partial charge in [0.25, 0.3) is 0 Å². The maximum Gasteiger partial charge on any atom is 0.313 e. The number of hydrogen-bond acceptors (Lipinski definition) is 15. The van der Waals surface area contributed by atoms with Gasteiger partial charge in [0, 0.05) is 90.8 Å². The molecule has 21 unspecified atom stereocenters. The van der Waals surface area contributed by atoms with Crippen LogP contribution in [0.1, 0.15) is 127 Å². The lowest BCUT2D eigenvalue weighted by Crippen LogP contribution is -2.67. The van der Waals surface area contributed by atoms with Gasteiger partial charge < -0.3 is 62.3 Å². The summed E-state index contributed by atoms with van der Waals surface area (Å²) >= 11 is 0. The fraction of sp³-hybridized carbons (Fsp3) is 0.683. The number of aromatic amines is 1. The van der Waals surface area contributed by atoms with Gasteiger partial charge in [-0.3, -0.25) is 19.4 Å². The first-order chi connectivity index (χ1) is 38.7. The summed E-state index contributed by atoms with van der Waals surface area (Å²) in [5.74, 6) is 2.67. The van der Waals surface area contributed by atoms with Gasteiger partial charge in [-0.2, -0.15) is 0 Å². The number of phenols is 1. The highest BCUT2D eigenvalue weighted by atomic mass is 33.1. The Morgan fingerprint density at radius 2 is 1.72 bits per heavy atom. The van der Waals surface area contributed by atoms with Crippen LogP contribution in [0.4, 0.5) is 0 Å². The number of fused-ring (bicyclic) bond motifs is 10. The van der Waals surface area contributed by atoms with Crippen LogP contribution in [0.25, 0.3) is 0 Å². The molecule has 13 N–H and O–H groups in total. The number of nitrogens with two attached hydrogens (primary N) is 2. The van der Waals surface area contributed by atoms with Gasteiger partial charge in [0.05, 0.1) is 54.3 Å². The molecule has 6 fully saturated rings. The number of ether oxygens (including phenoxy) is 1. The van der Waals surface area contributed by atoms with Crippen LogP contribution in [0.2, 0.25) is 0 Å². The number of aliphatic hydroxyl groups excluding tert-OH is 4. The minimum atomic E-state index is -1.93. The summed E-state index contributed by atoms with van der Waals surface area (Å²) in [7, 11) is 3.05. The smallest absolute Gasteiger partial charge is 0.313 e. The largest absolute Gasteiger partial charge is 0.508 e. The number of aliphatic imine (C=N–C) groups is 1. The molecule has 0 amide bonds. The van der Waals surface area contributed by atoms with Gasteiger partial charge in [-0.15, -0.1) is 5.92 Å². The zero-order chi connectivity index (χ0) is 57.3. The van der Waals surface area contributed by atoms with Crippen molar-refractivity contribution in [2.75, 3.05) is 37.8 Å². The number of nitrogens with one attached hydrogen (secondary N) is 2. The van der Waals surface area contributed by atoms with Crippen LogP contribution >= 0.6 is 21.6 Å². The Morgan fingerprint density at radius 3 is 2.46 bits per heavy atom. The first-order valence-electron chi connectivity index (χ1n) is 29.9. The lowest BCUT2D eigenvalue weighted by Gasteiger charge is -2.63. The van der Waals surface area contributed by atoms with Crippen molar-refractivity contribution in [3.63, 3.8) is 0 Å². The van der Waals surface area contributed by atoms with Crippen molar-refractivity contribution in [3.8, 4) is 17.6 Å². The zero-order valence-corrected chi connectivity index (χ0v) is 48.7. The molecule has 7 aliphatic carbocycles. The van der Waals surface area contributed by atoms with Crippen LogP contribution in [0.15, 0.2) is 70.6 Å². The number of H-pyrrole nitrogens is 1. The summed E-state index contributed by atoms with van der Waals surface area (Å²) in [6, 6.07) is 8.73. The molecule has 3 heterocycles. The molecular formula is C63H85N5O11S2. The quantitative estimate of drug-likeness (QED) is 0.0387. The summed E-state index contributed by atoms with van der Waals surface area (Å²) in [6.07, 6.45) is 7.86. The molecule has 1 aromatic carbocycles. The number of hydrogen-bond donors (Lipinski definition) is 11. The highest BCUT2D eigenvalue weighted by molar-refractivity contribution is 8.76. The summed E-state index contributed by atoms with van der Waals surface area (Å²) in [6.45, 7) is 5.71. The highest BCUT2D eigenvalue weighted by Gasteiger charge is 2.74. The molecule has 11 rings (SSSR count). The van der Waals surface area contributed by atoms with Gasteiger partial charge >= 0.3 is 5.97 Å². The van der Waals surface area contributed by atoms with Gasteiger partial charge in [0.15, 0.2) is 17.5 Å². The fourth-order valence-electron chi connectivity index (χ4n) is 18.6. The minimum absolute atomic E-state index is 0.00361. The molecular weight excluding hydrogens is 1070 g/mol. The van der Waals surface area contributed by atoms with Gasteiger partial charge in [-0.05, 0) is 159 Å². The number of aromatic hydroxyl groups is 1. The predicted octanol–water partition coefficient (Wildman–Crippen LogP) is 5.86. The fourth-order valence-corrected chi connectivity index (χ4v) is 21.4. The molecule has 16 nitrogen and oxygen atoms in total. The standard InChI is InChI=1S/C63H85N5O11S2/c1-33-7-8-35-11-14-43-39(29-69)24-50(73)61(3,77)57-37(6-4-5-36(23-45(43)44(35)21-33)46-30-79-58(76)51(46)38-16-19-66-27-38)25-63(78)53-48(15-17-62(57,63)18-20-67-59(64)65)60(2)26-49(72)55(74)47-32-81-80-31-40(34-9-12-41(70)13-10-34)22-42(71)28-68-54(53)56(75)52(47)60/h9-13,16,19,27,33,36-37,39-40,43-52,55,57,66,68-70,72-74,77-78H,6-8,14-15,17-18,20-26,28-32H2,1-3H3,(H4,64,65,67). The number of carbonyl (C=O) groups is 3. The molecule has 2 aliphatic heterocycles. The number of phenolic OH excluding ortho intramolecular Hbond substituents is 1. The van der Waals surface area contributed by atoms with E-state index in [2.05, 4.69) is 40.1 Å². The first kappa shape index (κ1) is 58.5. The molecule has 18 heteroatoms. The topological polar surface area (TPSA) is 294 Å². The number of benzene rings is 1. The van der Waals surface area contributed by atoms with E-state index in [4.69, 9.17) is 16.2 Å². The molecule has 0 spiro atoms. The number of rotatable bonds is 7. The van der Waals surface area contributed by atoms with Crippen molar-refractivity contribution in [1.29, 1.82) is 0 Å². The van der Waals surface area contributed by atoms with Crippen molar-refractivity contribution >= 4 is 45.1 Å². The Kier molecular flexibility index (Phi) is 16.5. The number of nitrogens with zero attached hydrogens (tertiary/aromatic N) is 1. The lowest BCUT2D eigenvalue weighted by molar-refractivity contribution is -0.194. The molecule has 81 heavy (non-hydrogen) atoms. The van der Waals surface area contributed by atoms with Crippen molar-refractivity contribution in [1.82, 2.24) is 10.3 Å². The number of guanidine groups is 1. The number of carbonyl (C=O) groups excluding carboxylic acids is 3. The zero-order valence-electron chi connectivity index (χ0n) is 47.1. The second-order valence-corrected chi connectivity index (χ2v) is 29.2. The highest BCUT2D eigenvalue weighted by Crippen LogP contribution is 2.73. The van der Waals surface area contributed by atoms with Crippen molar-refractivity contribution in [3.05, 3.63) is 76.8 Å². The number of aliphatic hydroxyl groups is 6. The number of esters is 1. The monoisotopic (exact) mass is 1150 g/mol. The number of cyclic esters (lactones) is 1. The van der Waals surface area contributed by atoms with E-state index in [0.29, 0.717) is 48.7 Å². The summed E-state index contributed by atoms with van der Waals surface area (Å²) in [4.78, 5) is 51.9. The Morgan fingerprint density at radius 1 is 0.938 bits per heavy atom. The average Bonchev–Trinajstić information content (AvgIpc) is 1.87. The van der Waals surface area contributed by atoms with Gasteiger partial charge in [-0.25, -0.2) is 0 Å². The maximum absolute atomic E-state index is 16.0. The summed E-state index contributed by atoms with van der Waals surface area (Å²) < 4.78 is 5.93. The first-order valence-corrected chi connectivity index (χ1v) is 32.4. The Bertz CT molecular complexity index is 2850. The van der Waals surface area contributed by atoms with E-state index in [1.54, 1.807) is 29.9 Å². The normalized spacial score (nSPS) is 43.6. The number of ketones is 2. The molecule has 21 atom stereocenters. The van der Waals surface area contributed by atoms with Crippen molar-refractivity contribution in [2.24, 2.45) is 98.3 Å². The molecule has 9 aliphatic rings. The molecule has 4 saturated carbocycles. The molecule has 2 saturated heterocycles. The second kappa shape index (κ2) is 22.9. The molecule has 2 bridgehead atoms. The maximum atomic E-state index is 16.0. The minimum Gasteiger partial charge on any atom is -0.508 e. The van der Waals surface area contributed by atoms with Crippen molar-refractivity contribution in [2.45, 2.75) is 146 Å². The van der Waals surface area contributed by atoms with Crippen LogP contribution < -0.4 is 16.8 Å². The van der Waals surface area contributed by atoms with E-state index in [9.17, 15) is 45.3 Å². The van der Waals surface area contributed by atoms with E-state index in [-0.39, 0.29) is 135 Å². The number of allylic oxidation sites excluding steroid dienone is 3. The van der Waals surface area contributed by atoms with E-state index >= 15 is 4.79 Å². The van der Waals surface area contributed by atoms with E-state index in [1.165, 1.54) is 16.4 Å². The molecule has 2 aromatic rings. The third kappa shape index (κ3) is 10.3. The molecule has 1 aromatic heterocycles.